The minimum atomic E-state index is 0.400. The van der Waals surface area contributed by atoms with E-state index in [0.29, 0.717) is 17.9 Å². The molecule has 4 aliphatic carbocycles. The van der Waals surface area contributed by atoms with Crippen molar-refractivity contribution in [2.75, 3.05) is 26.2 Å². The summed E-state index contributed by atoms with van der Waals surface area (Å²) in [6.45, 7) is 4.08. The number of nitrogens with zero attached hydrogens (tertiary/aromatic N) is 1. The van der Waals surface area contributed by atoms with Gasteiger partial charge >= 0.3 is 0 Å². The van der Waals surface area contributed by atoms with Gasteiger partial charge in [0.2, 0.25) is 0 Å². The van der Waals surface area contributed by atoms with Crippen LogP contribution in [0.4, 0.5) is 0 Å². The van der Waals surface area contributed by atoms with Gasteiger partial charge < -0.3 is 10.0 Å². The third-order valence-electron chi connectivity index (χ3n) is 6.02. The maximum atomic E-state index is 9.11. The van der Waals surface area contributed by atoms with Crippen molar-refractivity contribution in [1.29, 1.82) is 0 Å². The number of hydrogen-bond acceptors (Lipinski definition) is 2. The highest BCUT2D eigenvalue weighted by molar-refractivity contribution is 5.03. The summed E-state index contributed by atoms with van der Waals surface area (Å²) < 4.78 is 0. The van der Waals surface area contributed by atoms with Crippen molar-refractivity contribution >= 4 is 0 Å². The van der Waals surface area contributed by atoms with Crippen LogP contribution in [0.15, 0.2) is 0 Å². The number of hydrogen-bond donors (Lipinski definition) is 1. The van der Waals surface area contributed by atoms with Crippen LogP contribution < -0.4 is 0 Å². The number of aliphatic hydroxyl groups excluding tert-OH is 1. The smallest absolute Gasteiger partial charge is 0.0483 e. The van der Waals surface area contributed by atoms with Gasteiger partial charge in [0.1, 0.15) is 0 Å². The lowest BCUT2D eigenvalue weighted by molar-refractivity contribution is -0.0876. The Kier molecular flexibility index (Phi) is 2.36. The van der Waals surface area contributed by atoms with E-state index in [1.54, 1.807) is 19.3 Å². The van der Waals surface area contributed by atoms with E-state index >= 15 is 0 Å². The van der Waals surface area contributed by atoms with E-state index in [4.69, 9.17) is 5.11 Å². The topological polar surface area (TPSA) is 23.5 Å². The molecule has 0 aromatic heterocycles. The molecule has 1 heterocycles. The Labute approximate surface area is 104 Å². The third kappa shape index (κ3) is 1.76. The summed E-state index contributed by atoms with van der Waals surface area (Å²) in [4.78, 5) is 2.62. The highest BCUT2D eigenvalue weighted by Crippen LogP contribution is 2.60. The van der Waals surface area contributed by atoms with E-state index < -0.39 is 0 Å². The standard InChI is InChI=1S/C15H25NO/c17-9-14-7-16(8-14)10-15-4-11-1-12(5-15)3-13(2-11)6-15/h11-14,17H,1-10H2. The predicted octanol–water partition coefficient (Wildman–Crippen LogP) is 2.13. The van der Waals surface area contributed by atoms with E-state index in [2.05, 4.69) is 4.90 Å². The van der Waals surface area contributed by atoms with Crippen molar-refractivity contribution in [3.63, 3.8) is 0 Å². The van der Waals surface area contributed by atoms with Gasteiger partial charge in [-0.3, -0.25) is 0 Å². The molecule has 5 rings (SSSR count). The van der Waals surface area contributed by atoms with Crippen LogP contribution in [-0.2, 0) is 0 Å². The van der Waals surface area contributed by atoms with Gasteiger partial charge in [-0.2, -0.15) is 0 Å². The second-order valence-corrected chi connectivity index (χ2v) is 7.66. The van der Waals surface area contributed by atoms with Crippen molar-refractivity contribution in [3.05, 3.63) is 0 Å². The molecule has 5 fully saturated rings. The Morgan fingerprint density at radius 2 is 1.47 bits per heavy atom. The molecule has 2 heteroatoms. The summed E-state index contributed by atoms with van der Waals surface area (Å²) >= 11 is 0. The normalized spacial score (nSPS) is 49.6. The molecule has 4 bridgehead atoms. The molecular formula is C15H25NO. The molecule has 0 amide bonds. The highest BCUT2D eigenvalue weighted by Gasteiger charge is 2.51. The summed E-state index contributed by atoms with van der Waals surface area (Å²) in [5.41, 5.74) is 0.704. The van der Waals surface area contributed by atoms with Crippen molar-refractivity contribution < 1.29 is 5.11 Å². The van der Waals surface area contributed by atoms with Crippen molar-refractivity contribution in [2.24, 2.45) is 29.1 Å². The highest BCUT2D eigenvalue weighted by atomic mass is 16.3. The average Bonchev–Trinajstić information content (AvgIpc) is 2.20. The van der Waals surface area contributed by atoms with Crippen LogP contribution in [0.3, 0.4) is 0 Å². The SMILES string of the molecule is OCC1CN(CC23CC4CC(CC(C4)C2)C3)C1. The van der Waals surface area contributed by atoms with Gasteiger partial charge in [0.15, 0.2) is 0 Å². The number of aliphatic hydroxyl groups is 1. The molecule has 2 nitrogen and oxygen atoms in total. The maximum absolute atomic E-state index is 9.11. The van der Waals surface area contributed by atoms with Gasteiger partial charge in [-0.15, -0.1) is 0 Å². The van der Waals surface area contributed by atoms with E-state index in [1.165, 1.54) is 25.8 Å². The summed E-state index contributed by atoms with van der Waals surface area (Å²) in [5.74, 6) is 3.83. The van der Waals surface area contributed by atoms with Crippen molar-refractivity contribution in [3.8, 4) is 0 Å². The molecule has 1 N–H and O–H groups in total. The van der Waals surface area contributed by atoms with Crippen molar-refractivity contribution in [1.82, 2.24) is 4.90 Å². The fourth-order valence-electron chi connectivity index (χ4n) is 5.88. The predicted molar refractivity (Wildman–Crippen MR) is 67.6 cm³/mol. The lowest BCUT2D eigenvalue weighted by atomic mass is 9.49. The van der Waals surface area contributed by atoms with Gasteiger partial charge in [0, 0.05) is 32.2 Å². The summed E-state index contributed by atoms with van der Waals surface area (Å²) in [5, 5.41) is 9.11. The molecule has 0 atom stereocenters. The first-order chi connectivity index (χ1) is 8.25. The number of rotatable bonds is 3. The summed E-state index contributed by atoms with van der Waals surface area (Å²) in [6, 6.07) is 0. The Bertz CT molecular complexity index is 273. The first-order valence-corrected chi connectivity index (χ1v) is 7.58. The van der Waals surface area contributed by atoms with Gasteiger partial charge in [0.25, 0.3) is 0 Å². The van der Waals surface area contributed by atoms with Crippen molar-refractivity contribution in [2.45, 2.75) is 38.5 Å². The third-order valence-corrected chi connectivity index (χ3v) is 6.02. The minimum absolute atomic E-state index is 0.400. The molecule has 96 valence electrons. The van der Waals surface area contributed by atoms with E-state index in [0.717, 1.165) is 30.8 Å². The van der Waals surface area contributed by atoms with Gasteiger partial charge in [-0.1, -0.05) is 0 Å². The van der Waals surface area contributed by atoms with E-state index in [-0.39, 0.29) is 0 Å². The molecule has 0 radical (unpaired) electrons. The molecule has 1 aliphatic heterocycles. The Morgan fingerprint density at radius 1 is 0.941 bits per heavy atom. The Balaban J connectivity index is 1.43. The second kappa shape index (κ2) is 3.71. The Morgan fingerprint density at radius 3 is 1.94 bits per heavy atom. The zero-order valence-electron chi connectivity index (χ0n) is 10.8. The lowest BCUT2D eigenvalue weighted by Crippen LogP contribution is -2.56. The Hall–Kier alpha value is -0.0800. The van der Waals surface area contributed by atoms with Crippen LogP contribution in [0.2, 0.25) is 0 Å². The first kappa shape index (κ1) is 10.8. The first-order valence-electron chi connectivity index (χ1n) is 7.58. The molecule has 4 saturated carbocycles. The van der Waals surface area contributed by atoms with Crippen LogP contribution in [-0.4, -0.2) is 36.2 Å². The quantitative estimate of drug-likeness (QED) is 0.810. The summed E-state index contributed by atoms with van der Waals surface area (Å²) in [6.07, 6.45) is 9.24. The van der Waals surface area contributed by atoms with Gasteiger partial charge in [0.05, 0.1) is 0 Å². The van der Waals surface area contributed by atoms with E-state index in [9.17, 15) is 0 Å². The average molecular weight is 235 g/mol. The fraction of sp³-hybridized carbons (Fsp3) is 1.00. The zero-order chi connectivity index (χ0) is 11.5. The van der Waals surface area contributed by atoms with Gasteiger partial charge in [-0.25, -0.2) is 0 Å². The molecular weight excluding hydrogens is 210 g/mol. The zero-order valence-corrected chi connectivity index (χ0v) is 10.8. The van der Waals surface area contributed by atoms with Crippen LogP contribution in [0, 0.1) is 29.1 Å². The molecule has 0 unspecified atom stereocenters. The van der Waals surface area contributed by atoms with Crippen LogP contribution in [0.1, 0.15) is 38.5 Å². The number of likely N-dealkylation sites (tertiary alicyclic amines) is 1. The van der Waals surface area contributed by atoms with Crippen LogP contribution in [0.25, 0.3) is 0 Å². The minimum Gasteiger partial charge on any atom is -0.396 e. The maximum Gasteiger partial charge on any atom is 0.0483 e. The van der Waals surface area contributed by atoms with Gasteiger partial charge in [-0.05, 0) is 61.7 Å². The fourth-order valence-corrected chi connectivity index (χ4v) is 5.88. The molecule has 0 aromatic carbocycles. The van der Waals surface area contributed by atoms with Crippen LogP contribution >= 0.6 is 0 Å². The molecule has 1 saturated heterocycles. The van der Waals surface area contributed by atoms with E-state index in [1.807, 2.05) is 0 Å². The largest absolute Gasteiger partial charge is 0.396 e. The monoisotopic (exact) mass is 235 g/mol. The molecule has 0 spiro atoms. The summed E-state index contributed by atoms with van der Waals surface area (Å²) in [7, 11) is 0. The molecule has 17 heavy (non-hydrogen) atoms. The molecule has 5 aliphatic rings. The second-order valence-electron chi connectivity index (χ2n) is 7.66. The lowest BCUT2D eigenvalue weighted by Gasteiger charge is -2.59. The van der Waals surface area contributed by atoms with Crippen LogP contribution in [0.5, 0.6) is 0 Å². The molecule has 0 aromatic rings.